The van der Waals surface area contributed by atoms with Gasteiger partial charge in [0.25, 0.3) is 5.91 Å². The molecule has 0 saturated heterocycles. The summed E-state index contributed by atoms with van der Waals surface area (Å²) >= 11 is 0. The van der Waals surface area contributed by atoms with E-state index in [9.17, 15) is 4.79 Å². The Kier molecular flexibility index (Phi) is 7.36. The van der Waals surface area contributed by atoms with Crippen LogP contribution in [0.25, 0.3) is 0 Å². The maximum Gasteiger partial charge on any atom is 0.270 e. The van der Waals surface area contributed by atoms with Crippen molar-refractivity contribution in [3.63, 3.8) is 0 Å². The zero-order valence-corrected chi connectivity index (χ0v) is 16.8. The average molecular weight is 390 g/mol. The molecule has 3 rings (SSSR count). The van der Waals surface area contributed by atoms with Crippen molar-refractivity contribution in [3.05, 3.63) is 95.3 Å². The molecule has 0 aliphatic carbocycles. The van der Waals surface area contributed by atoms with Gasteiger partial charge in [-0.15, -0.1) is 0 Å². The smallest absolute Gasteiger partial charge is 0.270 e. The molecule has 0 fully saturated rings. The summed E-state index contributed by atoms with van der Waals surface area (Å²) in [5, 5.41) is 3.02. The van der Waals surface area contributed by atoms with Crippen molar-refractivity contribution < 1.29 is 14.3 Å². The molecule has 1 aromatic heterocycles. The van der Waals surface area contributed by atoms with Gasteiger partial charge in [0.1, 0.15) is 11.4 Å². The highest BCUT2D eigenvalue weighted by molar-refractivity contribution is 5.92. The van der Waals surface area contributed by atoms with E-state index in [-0.39, 0.29) is 11.9 Å². The molecule has 150 valence electrons. The van der Waals surface area contributed by atoms with Crippen molar-refractivity contribution in [3.8, 4) is 5.75 Å². The fourth-order valence-electron chi connectivity index (χ4n) is 3.12. The molecule has 1 heterocycles. The minimum Gasteiger partial charge on any atom is -0.497 e. The van der Waals surface area contributed by atoms with Gasteiger partial charge in [0.2, 0.25) is 0 Å². The minimum atomic E-state index is -0.202. The van der Waals surface area contributed by atoms with Crippen LogP contribution in [0.1, 0.15) is 40.1 Å². The fraction of sp³-hybridized carbons (Fsp3) is 0.250. The molecule has 0 saturated carbocycles. The Morgan fingerprint density at radius 3 is 2.59 bits per heavy atom. The minimum absolute atomic E-state index is 0.191. The van der Waals surface area contributed by atoms with Gasteiger partial charge >= 0.3 is 0 Å². The van der Waals surface area contributed by atoms with Crippen molar-refractivity contribution in [2.24, 2.45) is 0 Å². The van der Waals surface area contributed by atoms with Crippen LogP contribution in [0.5, 0.6) is 5.75 Å². The second-order valence-corrected chi connectivity index (χ2v) is 6.76. The van der Waals surface area contributed by atoms with Gasteiger partial charge in [0, 0.05) is 6.20 Å². The highest BCUT2D eigenvalue weighted by atomic mass is 16.5. The van der Waals surface area contributed by atoms with Gasteiger partial charge in [-0.05, 0) is 54.3 Å². The number of methoxy groups -OCH3 is 1. The number of rotatable bonds is 9. The number of carbonyl (C=O) groups is 1. The molecular formula is C24H26N2O3. The summed E-state index contributed by atoms with van der Waals surface area (Å²) in [6.07, 6.45) is 2.36. The summed E-state index contributed by atoms with van der Waals surface area (Å²) in [6, 6.07) is 21.1. The largest absolute Gasteiger partial charge is 0.497 e. The Labute approximate surface area is 171 Å². The van der Waals surface area contributed by atoms with E-state index in [1.54, 1.807) is 31.5 Å². The Balaban J connectivity index is 1.65. The molecule has 2 aromatic carbocycles. The number of ether oxygens (including phenoxy) is 2. The van der Waals surface area contributed by atoms with Gasteiger partial charge in [-0.25, -0.2) is 0 Å². The number of carbonyl (C=O) groups excluding carboxylic acids is 1. The first-order valence-electron chi connectivity index (χ1n) is 9.67. The van der Waals surface area contributed by atoms with Crippen molar-refractivity contribution in [2.45, 2.75) is 26.0 Å². The van der Waals surface area contributed by atoms with Crippen molar-refractivity contribution in [2.75, 3.05) is 13.7 Å². The molecule has 0 aliphatic rings. The van der Waals surface area contributed by atoms with Gasteiger partial charge in [0.15, 0.2) is 0 Å². The summed E-state index contributed by atoms with van der Waals surface area (Å²) in [6.45, 7) is 3.14. The number of benzene rings is 2. The lowest BCUT2D eigenvalue weighted by Gasteiger charge is -2.19. The summed E-state index contributed by atoms with van der Waals surface area (Å²) in [5.41, 5.74) is 3.68. The number of hydrogen-bond acceptors (Lipinski definition) is 4. The third kappa shape index (κ3) is 5.90. The molecular weight excluding hydrogens is 364 g/mol. The third-order valence-electron chi connectivity index (χ3n) is 4.69. The van der Waals surface area contributed by atoms with E-state index in [4.69, 9.17) is 9.47 Å². The molecule has 0 bridgehead atoms. The second-order valence-electron chi connectivity index (χ2n) is 6.76. The zero-order valence-electron chi connectivity index (χ0n) is 16.8. The number of hydrogen-bond donors (Lipinski definition) is 1. The molecule has 0 radical (unpaired) electrons. The second kappa shape index (κ2) is 10.4. The topological polar surface area (TPSA) is 60.5 Å². The molecule has 5 heteroatoms. The lowest BCUT2D eigenvalue weighted by Crippen LogP contribution is -2.28. The molecule has 1 atom stereocenters. The lowest BCUT2D eigenvalue weighted by atomic mass is 9.98. The van der Waals surface area contributed by atoms with Crippen LogP contribution in [-0.2, 0) is 17.8 Å². The molecule has 5 nitrogen and oxygen atoms in total. The number of amides is 1. The van der Waals surface area contributed by atoms with Crippen molar-refractivity contribution in [1.29, 1.82) is 0 Å². The first kappa shape index (κ1) is 20.6. The van der Waals surface area contributed by atoms with Crippen LogP contribution < -0.4 is 10.1 Å². The van der Waals surface area contributed by atoms with Gasteiger partial charge in [0.05, 0.1) is 26.4 Å². The summed E-state index contributed by atoms with van der Waals surface area (Å²) in [7, 11) is 1.64. The molecule has 0 aliphatic heterocycles. The standard InChI is InChI=1S/C24H26N2O3/c1-18(26-24(27)23-10-6-7-14-25-23)22-16-21(28-2)12-11-20(22)13-15-29-17-19-8-4-3-5-9-19/h3-12,14,16,18H,13,15,17H2,1-2H3,(H,26,27). The third-order valence-corrected chi connectivity index (χ3v) is 4.69. The van der Waals surface area contributed by atoms with Crippen LogP contribution in [0.4, 0.5) is 0 Å². The van der Waals surface area contributed by atoms with E-state index in [0.717, 1.165) is 28.9 Å². The fourth-order valence-corrected chi connectivity index (χ4v) is 3.12. The quantitative estimate of drug-likeness (QED) is 0.552. The molecule has 0 spiro atoms. The van der Waals surface area contributed by atoms with Crippen LogP contribution >= 0.6 is 0 Å². The van der Waals surface area contributed by atoms with Crippen molar-refractivity contribution >= 4 is 5.91 Å². The van der Waals surface area contributed by atoms with Gasteiger partial charge < -0.3 is 14.8 Å². The number of pyridine rings is 1. The number of nitrogens with zero attached hydrogens (tertiary/aromatic N) is 1. The molecule has 3 aromatic rings. The number of aromatic nitrogens is 1. The number of nitrogens with one attached hydrogen (secondary N) is 1. The maximum absolute atomic E-state index is 12.5. The predicted molar refractivity (Wildman–Crippen MR) is 113 cm³/mol. The van der Waals surface area contributed by atoms with E-state index < -0.39 is 0 Å². The Bertz CT molecular complexity index is 914. The maximum atomic E-state index is 12.5. The normalized spacial score (nSPS) is 11.7. The van der Waals surface area contributed by atoms with Gasteiger partial charge in [-0.1, -0.05) is 42.5 Å². The van der Waals surface area contributed by atoms with Crippen LogP contribution in [0.15, 0.2) is 72.9 Å². The van der Waals surface area contributed by atoms with E-state index >= 15 is 0 Å². The molecule has 29 heavy (non-hydrogen) atoms. The molecule has 1 N–H and O–H groups in total. The van der Waals surface area contributed by atoms with Gasteiger partial charge in [-0.3, -0.25) is 9.78 Å². The highest BCUT2D eigenvalue weighted by Crippen LogP contribution is 2.24. The lowest BCUT2D eigenvalue weighted by molar-refractivity contribution is 0.0934. The predicted octanol–water partition coefficient (Wildman–Crippen LogP) is 4.34. The summed E-state index contributed by atoms with van der Waals surface area (Å²) < 4.78 is 11.2. The Hall–Kier alpha value is -3.18. The van der Waals surface area contributed by atoms with E-state index in [1.807, 2.05) is 55.5 Å². The zero-order chi connectivity index (χ0) is 20.5. The van der Waals surface area contributed by atoms with Crippen LogP contribution in [-0.4, -0.2) is 24.6 Å². The average Bonchev–Trinajstić information content (AvgIpc) is 2.78. The first-order valence-corrected chi connectivity index (χ1v) is 9.67. The van der Waals surface area contributed by atoms with Crippen LogP contribution in [0, 0.1) is 0 Å². The Morgan fingerprint density at radius 1 is 1.07 bits per heavy atom. The van der Waals surface area contributed by atoms with E-state index in [0.29, 0.717) is 18.9 Å². The van der Waals surface area contributed by atoms with Crippen LogP contribution in [0.2, 0.25) is 0 Å². The van der Waals surface area contributed by atoms with Gasteiger partial charge in [-0.2, -0.15) is 0 Å². The Morgan fingerprint density at radius 2 is 1.86 bits per heavy atom. The SMILES string of the molecule is COc1ccc(CCOCc2ccccc2)c(C(C)NC(=O)c2ccccn2)c1. The first-order chi connectivity index (χ1) is 14.2. The van der Waals surface area contributed by atoms with E-state index in [1.165, 1.54) is 0 Å². The van der Waals surface area contributed by atoms with Crippen LogP contribution in [0.3, 0.4) is 0 Å². The monoisotopic (exact) mass is 390 g/mol. The van der Waals surface area contributed by atoms with E-state index in [2.05, 4.69) is 10.3 Å². The molecule has 1 unspecified atom stereocenters. The van der Waals surface area contributed by atoms with Crippen molar-refractivity contribution in [1.82, 2.24) is 10.3 Å². The summed E-state index contributed by atoms with van der Waals surface area (Å²) in [4.78, 5) is 16.6. The summed E-state index contributed by atoms with van der Waals surface area (Å²) in [5.74, 6) is 0.556. The highest BCUT2D eigenvalue weighted by Gasteiger charge is 2.16. The molecule has 1 amide bonds.